The summed E-state index contributed by atoms with van der Waals surface area (Å²) in [7, 11) is 1.18. The number of benzene rings is 1. The maximum atomic E-state index is 12.4. The van der Waals surface area contributed by atoms with E-state index in [1.54, 1.807) is 7.11 Å². The Hall–Kier alpha value is -1.53. The second-order valence-electron chi connectivity index (χ2n) is 7.40. The summed E-state index contributed by atoms with van der Waals surface area (Å²) in [6.45, 7) is 13.5. The molecule has 1 aromatic rings. The van der Waals surface area contributed by atoms with E-state index in [0.717, 1.165) is 11.0 Å². The number of nitrogens with zero attached hydrogens (tertiary/aromatic N) is 1. The molecule has 1 heterocycles. The average Bonchev–Trinajstić information content (AvgIpc) is 2.77. The fourth-order valence-electron chi connectivity index (χ4n) is 2.88. The number of methoxy groups -OCH3 is 1. The third-order valence-corrected chi connectivity index (χ3v) is 5.29. The highest BCUT2D eigenvalue weighted by atomic mass is 16.7. The first-order valence-electron chi connectivity index (χ1n) is 8.95. The van der Waals surface area contributed by atoms with Crippen LogP contribution in [-0.2, 0) is 20.5 Å². The van der Waals surface area contributed by atoms with E-state index in [4.69, 9.17) is 14.0 Å². The maximum absolute atomic E-state index is 12.4. The quantitative estimate of drug-likeness (QED) is 0.742. The first-order valence-corrected chi connectivity index (χ1v) is 8.95. The molecule has 0 unspecified atom stereocenters. The molecule has 0 bridgehead atoms. The number of hydrogen-bond donors (Lipinski definition) is 0. The minimum Gasteiger partial charge on any atom is -0.496 e. The van der Waals surface area contributed by atoms with Crippen LogP contribution in [0.3, 0.4) is 0 Å². The van der Waals surface area contributed by atoms with Gasteiger partial charge in [-0.25, -0.2) is 0 Å². The minimum atomic E-state index is -0.438. The van der Waals surface area contributed by atoms with E-state index in [2.05, 4.69) is 0 Å². The molecule has 1 saturated heterocycles. The number of carbonyl (C=O) groups excluding carboxylic acids is 1. The molecule has 0 saturated carbocycles. The minimum absolute atomic E-state index is 0.103. The molecular weight excluding hydrogens is 317 g/mol. The van der Waals surface area contributed by atoms with Gasteiger partial charge in [0.25, 0.3) is 0 Å². The number of ether oxygens (including phenoxy) is 1. The zero-order valence-corrected chi connectivity index (χ0v) is 16.5. The topological polar surface area (TPSA) is 48.0 Å². The summed E-state index contributed by atoms with van der Waals surface area (Å²) in [4.78, 5) is 14.2. The fraction of sp³-hybridized carbons (Fsp3) is 0.632. The van der Waals surface area contributed by atoms with Crippen LogP contribution in [0.15, 0.2) is 18.2 Å². The monoisotopic (exact) mass is 347 g/mol. The zero-order chi connectivity index (χ0) is 18.8. The SMILES string of the molecule is CCN(CC)C(=O)Cc1ccc(B2OC(C)(C)C(C)(C)O2)cc1OC. The van der Waals surface area contributed by atoms with Crippen molar-refractivity contribution in [1.82, 2.24) is 4.90 Å². The molecule has 0 atom stereocenters. The highest BCUT2D eigenvalue weighted by Crippen LogP contribution is 2.36. The lowest BCUT2D eigenvalue weighted by Gasteiger charge is -2.32. The molecule has 2 rings (SSSR count). The van der Waals surface area contributed by atoms with Gasteiger partial charge >= 0.3 is 7.12 Å². The Morgan fingerprint density at radius 1 is 1.12 bits per heavy atom. The van der Waals surface area contributed by atoms with Crippen molar-refractivity contribution >= 4 is 18.5 Å². The van der Waals surface area contributed by atoms with E-state index in [1.165, 1.54) is 0 Å². The van der Waals surface area contributed by atoms with Crippen molar-refractivity contribution in [2.24, 2.45) is 0 Å². The molecule has 0 aliphatic carbocycles. The molecule has 1 aliphatic rings. The number of hydrogen-bond acceptors (Lipinski definition) is 4. The second-order valence-corrected chi connectivity index (χ2v) is 7.40. The van der Waals surface area contributed by atoms with E-state index in [-0.39, 0.29) is 17.1 Å². The van der Waals surface area contributed by atoms with E-state index >= 15 is 0 Å². The van der Waals surface area contributed by atoms with Crippen molar-refractivity contribution in [2.75, 3.05) is 20.2 Å². The molecule has 1 aromatic carbocycles. The Morgan fingerprint density at radius 2 is 1.68 bits per heavy atom. The standard InChI is InChI=1S/C19H30BNO4/c1-8-21(9-2)17(22)12-14-10-11-15(13-16(14)23-7)20-24-18(3,4)19(5,6)25-20/h10-11,13H,8-9,12H2,1-7H3. The van der Waals surface area contributed by atoms with Crippen molar-refractivity contribution in [3.8, 4) is 5.75 Å². The van der Waals surface area contributed by atoms with E-state index in [1.807, 2.05) is 64.6 Å². The fourth-order valence-corrected chi connectivity index (χ4v) is 2.88. The molecule has 1 fully saturated rings. The summed E-state index contributed by atoms with van der Waals surface area (Å²) in [5.74, 6) is 0.791. The van der Waals surface area contributed by atoms with Gasteiger partial charge in [0.1, 0.15) is 5.75 Å². The normalized spacial score (nSPS) is 18.3. The lowest BCUT2D eigenvalue weighted by atomic mass is 9.78. The van der Waals surface area contributed by atoms with E-state index in [0.29, 0.717) is 25.3 Å². The van der Waals surface area contributed by atoms with Crippen LogP contribution in [0, 0.1) is 0 Å². The predicted molar refractivity (Wildman–Crippen MR) is 100 cm³/mol. The summed E-state index contributed by atoms with van der Waals surface area (Å²) < 4.78 is 17.7. The number of rotatable bonds is 6. The molecule has 0 radical (unpaired) electrons. The van der Waals surface area contributed by atoms with Gasteiger partial charge in [-0.1, -0.05) is 12.1 Å². The molecule has 25 heavy (non-hydrogen) atoms. The molecular formula is C19H30BNO4. The molecule has 1 aliphatic heterocycles. The molecule has 138 valence electrons. The van der Waals surface area contributed by atoms with Gasteiger partial charge in [-0.15, -0.1) is 0 Å². The zero-order valence-electron chi connectivity index (χ0n) is 16.5. The van der Waals surface area contributed by atoms with Gasteiger partial charge in [0.05, 0.1) is 24.7 Å². The van der Waals surface area contributed by atoms with E-state index in [9.17, 15) is 4.79 Å². The van der Waals surface area contributed by atoms with Crippen molar-refractivity contribution < 1.29 is 18.8 Å². The Bertz CT molecular complexity index is 610. The lowest BCUT2D eigenvalue weighted by Crippen LogP contribution is -2.41. The third kappa shape index (κ3) is 4.01. The Balaban J connectivity index is 2.21. The van der Waals surface area contributed by atoms with Gasteiger partial charge in [0.2, 0.25) is 5.91 Å². The van der Waals surface area contributed by atoms with Crippen LogP contribution in [0.25, 0.3) is 0 Å². The van der Waals surface area contributed by atoms with Gasteiger partial charge in [-0.05, 0) is 53.1 Å². The van der Waals surface area contributed by atoms with E-state index < -0.39 is 7.12 Å². The maximum Gasteiger partial charge on any atom is 0.494 e. The summed E-state index contributed by atoms with van der Waals surface area (Å²) >= 11 is 0. The van der Waals surface area contributed by atoms with Crippen LogP contribution in [0.4, 0.5) is 0 Å². The van der Waals surface area contributed by atoms with Crippen LogP contribution in [0.1, 0.15) is 47.1 Å². The number of likely N-dealkylation sites (N-methyl/N-ethyl adjacent to an activating group) is 1. The summed E-state index contributed by atoms with van der Waals surface area (Å²) in [6.07, 6.45) is 0.328. The van der Waals surface area contributed by atoms with Gasteiger partial charge in [0, 0.05) is 18.7 Å². The van der Waals surface area contributed by atoms with Crippen LogP contribution in [0.5, 0.6) is 5.75 Å². The summed E-state index contributed by atoms with van der Waals surface area (Å²) in [5, 5.41) is 0. The molecule has 0 aromatic heterocycles. The molecule has 1 amide bonds. The summed E-state index contributed by atoms with van der Waals surface area (Å²) in [5.41, 5.74) is 0.999. The van der Waals surface area contributed by atoms with Gasteiger partial charge in [0.15, 0.2) is 0 Å². The molecule has 0 N–H and O–H groups in total. The third-order valence-electron chi connectivity index (χ3n) is 5.29. The van der Waals surface area contributed by atoms with Crippen molar-refractivity contribution in [3.05, 3.63) is 23.8 Å². The average molecular weight is 347 g/mol. The smallest absolute Gasteiger partial charge is 0.494 e. The number of amides is 1. The lowest BCUT2D eigenvalue weighted by molar-refractivity contribution is -0.130. The van der Waals surface area contributed by atoms with Gasteiger partial charge < -0.3 is 18.9 Å². The highest BCUT2D eigenvalue weighted by Gasteiger charge is 2.51. The van der Waals surface area contributed by atoms with Crippen LogP contribution in [0.2, 0.25) is 0 Å². The molecule has 0 spiro atoms. The first-order chi connectivity index (χ1) is 11.6. The summed E-state index contributed by atoms with van der Waals surface area (Å²) in [6, 6.07) is 5.79. The van der Waals surface area contributed by atoms with Crippen molar-refractivity contribution in [1.29, 1.82) is 0 Å². The van der Waals surface area contributed by atoms with Crippen LogP contribution in [-0.4, -0.2) is 49.3 Å². The van der Waals surface area contributed by atoms with Crippen molar-refractivity contribution in [3.63, 3.8) is 0 Å². The molecule has 6 heteroatoms. The van der Waals surface area contributed by atoms with Gasteiger partial charge in [-0.2, -0.15) is 0 Å². The number of carbonyl (C=O) groups is 1. The molecule has 5 nitrogen and oxygen atoms in total. The van der Waals surface area contributed by atoms with Crippen LogP contribution >= 0.6 is 0 Å². The van der Waals surface area contributed by atoms with Crippen LogP contribution < -0.4 is 10.2 Å². The first kappa shape index (κ1) is 19.8. The Morgan fingerprint density at radius 3 is 2.16 bits per heavy atom. The Kier molecular flexibility index (Phi) is 5.84. The highest BCUT2D eigenvalue weighted by molar-refractivity contribution is 6.62. The second kappa shape index (κ2) is 7.38. The van der Waals surface area contributed by atoms with Gasteiger partial charge in [-0.3, -0.25) is 4.79 Å². The largest absolute Gasteiger partial charge is 0.496 e. The van der Waals surface area contributed by atoms with Crippen molar-refractivity contribution in [2.45, 2.75) is 59.2 Å². The predicted octanol–water partition coefficient (Wildman–Crippen LogP) is 2.41. The Labute approximate surface area is 151 Å².